The Morgan fingerprint density at radius 2 is 1.75 bits per heavy atom. The van der Waals surface area contributed by atoms with Gasteiger partial charge in [-0.2, -0.15) is 17.6 Å². The van der Waals surface area contributed by atoms with Crippen molar-refractivity contribution < 1.29 is 36.6 Å². The number of rotatable bonds is 13. The van der Waals surface area contributed by atoms with Crippen LogP contribution in [0.3, 0.4) is 0 Å². The number of benzene rings is 1. The van der Waals surface area contributed by atoms with Crippen LogP contribution in [0, 0.1) is 10.5 Å². The molecule has 13 heteroatoms. The van der Waals surface area contributed by atoms with Gasteiger partial charge in [-0.1, -0.05) is 77.2 Å². The van der Waals surface area contributed by atoms with E-state index in [9.17, 15) is 22.8 Å². The number of halogens is 4. The maximum Gasteiger partial charge on any atom is 0.423 e. The number of carbonyl (C=O) groups excluding carboxylic acids is 2. The van der Waals surface area contributed by atoms with Crippen LogP contribution >= 0.6 is 11.3 Å². The average molecular weight is 639 g/mol. The third-order valence-electron chi connectivity index (χ3n) is 6.91. The topological polar surface area (TPSA) is 108 Å². The Labute approximate surface area is 258 Å². The molecule has 2 N–H and O–H groups in total. The Kier molecular flexibility index (Phi) is 12.2. The van der Waals surface area contributed by atoms with Gasteiger partial charge in [-0.25, -0.2) is 14.7 Å². The summed E-state index contributed by atoms with van der Waals surface area (Å²) < 4.78 is 67.9. The Morgan fingerprint density at radius 1 is 1.05 bits per heavy atom. The number of unbranched alkanes of at least 4 members (excludes halogenated alkanes) is 5. The number of thiazole rings is 1. The number of aromatic nitrogens is 2. The standard InChI is InChI=1S/C31H38F4N4O4S/c1-5-6-7-8-9-10-12-20-14-15-22(17-23(20)31(33,34)35)39(29(41)43-19-42-27(40)25(36)30(2,3)4)28-38-24(26(32)44-28)21-13-11-16-37-18-21/h11,13-18,25H,5-10,12,19,36H2,1-4H3. The molecule has 0 fully saturated rings. The number of esters is 1. The van der Waals surface area contributed by atoms with E-state index in [1.54, 1.807) is 32.9 Å². The summed E-state index contributed by atoms with van der Waals surface area (Å²) in [4.78, 5) is 34.5. The molecule has 2 heterocycles. The van der Waals surface area contributed by atoms with Gasteiger partial charge in [0.25, 0.3) is 0 Å². The third-order valence-corrected chi connectivity index (χ3v) is 7.74. The summed E-state index contributed by atoms with van der Waals surface area (Å²) in [7, 11) is 0. The molecule has 8 nitrogen and oxygen atoms in total. The lowest BCUT2D eigenvalue weighted by atomic mass is 9.87. The van der Waals surface area contributed by atoms with Crippen molar-refractivity contribution in [1.82, 2.24) is 9.97 Å². The molecular formula is C31H38F4N4O4S. The van der Waals surface area contributed by atoms with Gasteiger partial charge in [0.2, 0.25) is 17.1 Å². The lowest BCUT2D eigenvalue weighted by Crippen LogP contribution is -2.43. The summed E-state index contributed by atoms with van der Waals surface area (Å²) in [5.41, 5.74) is 4.30. The zero-order valence-corrected chi connectivity index (χ0v) is 26.1. The third kappa shape index (κ3) is 9.46. The van der Waals surface area contributed by atoms with Crippen LogP contribution in [0.25, 0.3) is 11.3 Å². The Morgan fingerprint density at radius 3 is 2.39 bits per heavy atom. The van der Waals surface area contributed by atoms with Gasteiger partial charge in [-0.15, -0.1) is 0 Å². The zero-order valence-electron chi connectivity index (χ0n) is 25.2. The number of ether oxygens (including phenoxy) is 2. The van der Waals surface area contributed by atoms with Crippen molar-refractivity contribution in [1.29, 1.82) is 0 Å². The number of hydrogen-bond acceptors (Lipinski definition) is 8. The van der Waals surface area contributed by atoms with Crippen molar-refractivity contribution in [2.75, 3.05) is 11.7 Å². The molecule has 3 aromatic rings. The molecule has 3 rings (SSSR count). The zero-order chi connectivity index (χ0) is 32.5. The number of nitrogens with zero attached hydrogens (tertiary/aromatic N) is 3. The van der Waals surface area contributed by atoms with Crippen molar-refractivity contribution in [2.45, 2.75) is 84.9 Å². The van der Waals surface area contributed by atoms with Gasteiger partial charge in [0.15, 0.2) is 0 Å². The highest BCUT2D eigenvalue weighted by Crippen LogP contribution is 2.40. The molecule has 0 bridgehead atoms. The minimum absolute atomic E-state index is 0.0801. The number of carbonyl (C=O) groups is 2. The van der Waals surface area contributed by atoms with E-state index in [2.05, 4.69) is 16.9 Å². The summed E-state index contributed by atoms with van der Waals surface area (Å²) in [6, 6.07) is 5.54. The van der Waals surface area contributed by atoms with E-state index in [0.717, 1.165) is 43.1 Å². The lowest BCUT2D eigenvalue weighted by Gasteiger charge is -2.25. The molecule has 240 valence electrons. The number of amides is 1. The first kappa shape index (κ1) is 34.9. The van der Waals surface area contributed by atoms with Crippen LogP contribution in [-0.4, -0.2) is 34.9 Å². The molecule has 1 unspecified atom stereocenters. The van der Waals surface area contributed by atoms with Gasteiger partial charge in [0.1, 0.15) is 11.7 Å². The summed E-state index contributed by atoms with van der Waals surface area (Å²) in [5, 5.41) is -1.08. The normalized spacial score (nSPS) is 12.6. The fraction of sp³-hybridized carbons (Fsp3) is 0.484. The van der Waals surface area contributed by atoms with Crippen molar-refractivity contribution in [3.8, 4) is 11.3 Å². The highest BCUT2D eigenvalue weighted by Gasteiger charge is 2.36. The van der Waals surface area contributed by atoms with Crippen LogP contribution in [0.2, 0.25) is 0 Å². The molecule has 44 heavy (non-hydrogen) atoms. The van der Waals surface area contributed by atoms with E-state index in [1.165, 1.54) is 24.5 Å². The number of anilines is 2. The van der Waals surface area contributed by atoms with Gasteiger partial charge >= 0.3 is 18.2 Å². The quantitative estimate of drug-likeness (QED) is 0.0867. The van der Waals surface area contributed by atoms with Gasteiger partial charge in [-0.05, 0) is 48.1 Å². The first-order valence-corrected chi connectivity index (χ1v) is 15.2. The molecule has 1 aromatic carbocycles. The van der Waals surface area contributed by atoms with E-state index >= 15 is 4.39 Å². The van der Waals surface area contributed by atoms with Crippen molar-refractivity contribution in [3.63, 3.8) is 0 Å². The van der Waals surface area contributed by atoms with Crippen LogP contribution in [0.15, 0.2) is 42.7 Å². The molecule has 1 atom stereocenters. The number of hydrogen-bond donors (Lipinski definition) is 1. The van der Waals surface area contributed by atoms with Crippen LogP contribution in [0.4, 0.5) is 33.2 Å². The van der Waals surface area contributed by atoms with E-state index < -0.39 is 47.2 Å². The number of pyridine rings is 1. The van der Waals surface area contributed by atoms with E-state index in [-0.39, 0.29) is 28.5 Å². The molecule has 0 aliphatic rings. The highest BCUT2D eigenvalue weighted by atomic mass is 32.1. The maximum atomic E-state index is 15.1. The number of nitrogens with two attached hydrogens (primary N) is 1. The van der Waals surface area contributed by atoms with E-state index in [4.69, 9.17) is 15.2 Å². The Hall–Kier alpha value is -3.58. The van der Waals surface area contributed by atoms with Crippen LogP contribution in [-0.2, 0) is 26.9 Å². The van der Waals surface area contributed by atoms with Gasteiger partial charge in [-0.3, -0.25) is 9.78 Å². The minimum Gasteiger partial charge on any atom is -0.427 e. The van der Waals surface area contributed by atoms with Crippen LogP contribution in [0.1, 0.15) is 77.3 Å². The second-order valence-corrected chi connectivity index (χ2v) is 12.3. The monoisotopic (exact) mass is 638 g/mol. The molecule has 0 aliphatic heterocycles. The molecule has 2 aromatic heterocycles. The average Bonchev–Trinajstić information content (AvgIpc) is 3.35. The van der Waals surface area contributed by atoms with Gasteiger partial charge in [0.05, 0.1) is 11.3 Å². The first-order chi connectivity index (χ1) is 20.7. The number of alkyl halides is 3. The van der Waals surface area contributed by atoms with Gasteiger partial charge < -0.3 is 15.2 Å². The largest absolute Gasteiger partial charge is 0.427 e. The lowest BCUT2D eigenvalue weighted by molar-refractivity contribution is -0.155. The number of aryl methyl sites for hydroxylation is 1. The summed E-state index contributed by atoms with van der Waals surface area (Å²) in [5.74, 6) is -0.839. The minimum atomic E-state index is -4.73. The smallest absolute Gasteiger partial charge is 0.423 e. The second-order valence-electron chi connectivity index (χ2n) is 11.4. The summed E-state index contributed by atoms with van der Waals surface area (Å²) >= 11 is 0.440. The predicted molar refractivity (Wildman–Crippen MR) is 161 cm³/mol. The molecule has 0 saturated carbocycles. The highest BCUT2D eigenvalue weighted by molar-refractivity contribution is 7.14. The van der Waals surface area contributed by atoms with Gasteiger partial charge in [0, 0.05) is 18.0 Å². The Bertz CT molecular complexity index is 1390. The Balaban J connectivity index is 1.94. The summed E-state index contributed by atoms with van der Waals surface area (Å²) in [6.45, 7) is 6.38. The molecule has 0 aliphatic carbocycles. The van der Waals surface area contributed by atoms with Crippen LogP contribution in [0.5, 0.6) is 0 Å². The SMILES string of the molecule is CCCCCCCCc1ccc(N(C(=O)OCOC(=O)C(N)C(C)(C)C)c2nc(-c3cccnc3)c(F)s2)cc1C(F)(F)F. The van der Waals surface area contributed by atoms with Crippen molar-refractivity contribution in [2.24, 2.45) is 11.1 Å². The first-order valence-electron chi connectivity index (χ1n) is 14.4. The van der Waals surface area contributed by atoms with Crippen LogP contribution < -0.4 is 10.6 Å². The second kappa shape index (κ2) is 15.4. The maximum absolute atomic E-state index is 15.1. The fourth-order valence-electron chi connectivity index (χ4n) is 4.29. The predicted octanol–water partition coefficient (Wildman–Crippen LogP) is 8.41. The molecule has 0 radical (unpaired) electrons. The van der Waals surface area contributed by atoms with Crippen molar-refractivity contribution in [3.05, 3.63) is 59.0 Å². The molecule has 0 saturated heterocycles. The molecular weight excluding hydrogens is 600 g/mol. The fourth-order valence-corrected chi connectivity index (χ4v) is 5.12. The summed E-state index contributed by atoms with van der Waals surface area (Å²) in [6.07, 6.45) is 2.58. The molecule has 1 amide bonds. The van der Waals surface area contributed by atoms with Crippen molar-refractivity contribution >= 4 is 34.2 Å². The molecule has 0 spiro atoms. The van der Waals surface area contributed by atoms with E-state index in [1.807, 2.05) is 0 Å². The van der Waals surface area contributed by atoms with E-state index in [0.29, 0.717) is 23.3 Å².